The zero-order chi connectivity index (χ0) is 11.3. The lowest BCUT2D eigenvalue weighted by molar-refractivity contribution is 0.602. The number of nitrogens with one attached hydrogen (secondary N) is 2. The molecule has 3 nitrogen and oxygen atoms in total. The van der Waals surface area contributed by atoms with E-state index in [1.165, 1.54) is 5.56 Å². The monoisotopic (exact) mass is 271 g/mol. The van der Waals surface area contributed by atoms with Gasteiger partial charge in [-0.05, 0) is 34.5 Å². The van der Waals surface area contributed by atoms with Crippen molar-refractivity contribution in [2.75, 3.05) is 18.4 Å². The van der Waals surface area contributed by atoms with Crippen LogP contribution in [-0.4, -0.2) is 24.1 Å². The van der Waals surface area contributed by atoms with Crippen molar-refractivity contribution in [2.24, 2.45) is 0 Å². The molecule has 0 atom stereocenters. The Morgan fingerprint density at radius 2 is 2.13 bits per heavy atom. The van der Waals surface area contributed by atoms with E-state index in [-0.39, 0.29) is 0 Å². The molecule has 0 aliphatic carbocycles. The number of hydrogen-bond acceptors (Lipinski definition) is 3. The third-order valence-electron chi connectivity index (χ3n) is 2.05. The van der Waals surface area contributed by atoms with Gasteiger partial charge in [0.1, 0.15) is 5.82 Å². The Bertz CT molecular complexity index is 313. The Morgan fingerprint density at radius 3 is 2.80 bits per heavy atom. The first kappa shape index (κ1) is 12.5. The van der Waals surface area contributed by atoms with Crippen LogP contribution in [0.3, 0.4) is 0 Å². The van der Waals surface area contributed by atoms with Crippen LogP contribution >= 0.6 is 15.9 Å². The maximum Gasteiger partial charge on any atom is 0.140 e. The quantitative estimate of drug-likeness (QED) is 0.809. The van der Waals surface area contributed by atoms with E-state index in [1.54, 1.807) is 0 Å². The van der Waals surface area contributed by atoms with Crippen molar-refractivity contribution < 1.29 is 0 Å². The second kappa shape index (κ2) is 6.08. The summed E-state index contributed by atoms with van der Waals surface area (Å²) >= 11 is 3.52. The Hall–Kier alpha value is -0.610. The third kappa shape index (κ3) is 4.18. The van der Waals surface area contributed by atoms with Gasteiger partial charge in [-0.1, -0.05) is 13.8 Å². The van der Waals surface area contributed by atoms with Gasteiger partial charge in [-0.15, -0.1) is 0 Å². The normalized spacial score (nSPS) is 10.7. The van der Waals surface area contributed by atoms with Crippen molar-refractivity contribution in [1.82, 2.24) is 10.3 Å². The zero-order valence-corrected chi connectivity index (χ0v) is 11.1. The molecule has 0 radical (unpaired) electrons. The molecule has 84 valence electrons. The average molecular weight is 272 g/mol. The molecule has 2 N–H and O–H groups in total. The van der Waals surface area contributed by atoms with Crippen LogP contribution in [0.5, 0.6) is 0 Å². The van der Waals surface area contributed by atoms with Crippen molar-refractivity contribution in [3.8, 4) is 0 Å². The van der Waals surface area contributed by atoms with Crippen LogP contribution in [0, 0.1) is 6.92 Å². The largest absolute Gasteiger partial charge is 0.368 e. The Labute approximate surface area is 99.8 Å². The molecule has 0 spiro atoms. The van der Waals surface area contributed by atoms with Crippen LogP contribution < -0.4 is 10.6 Å². The molecule has 1 rings (SSSR count). The second-order valence-electron chi connectivity index (χ2n) is 3.83. The Kier molecular flexibility index (Phi) is 5.05. The van der Waals surface area contributed by atoms with E-state index in [1.807, 2.05) is 12.3 Å². The van der Waals surface area contributed by atoms with Crippen molar-refractivity contribution in [1.29, 1.82) is 0 Å². The van der Waals surface area contributed by atoms with E-state index >= 15 is 0 Å². The van der Waals surface area contributed by atoms with Crippen LogP contribution in [-0.2, 0) is 0 Å². The molecular formula is C11H18BrN3. The Balaban J connectivity index is 2.41. The molecule has 0 saturated carbocycles. The molecular weight excluding hydrogens is 254 g/mol. The standard InChI is InChI=1S/C11H18BrN3/c1-8(2)13-6-7-15-11-10(12)9(3)4-5-14-11/h4-5,8,13H,6-7H2,1-3H3,(H,14,15). The number of aromatic nitrogens is 1. The van der Waals surface area contributed by atoms with Crippen LogP contribution in [0.25, 0.3) is 0 Å². The molecule has 1 aromatic rings. The molecule has 0 saturated heterocycles. The van der Waals surface area contributed by atoms with Gasteiger partial charge in [-0.25, -0.2) is 4.98 Å². The van der Waals surface area contributed by atoms with Gasteiger partial charge in [0.05, 0.1) is 4.47 Å². The highest BCUT2D eigenvalue weighted by Gasteiger charge is 2.02. The summed E-state index contributed by atoms with van der Waals surface area (Å²) in [4.78, 5) is 4.27. The Morgan fingerprint density at radius 1 is 1.40 bits per heavy atom. The number of nitrogens with zero attached hydrogens (tertiary/aromatic N) is 1. The molecule has 0 amide bonds. The summed E-state index contributed by atoms with van der Waals surface area (Å²) in [6, 6.07) is 2.52. The van der Waals surface area contributed by atoms with Crippen molar-refractivity contribution in [3.63, 3.8) is 0 Å². The topological polar surface area (TPSA) is 37.0 Å². The molecule has 0 fully saturated rings. The van der Waals surface area contributed by atoms with Gasteiger partial charge in [0, 0.05) is 25.3 Å². The van der Waals surface area contributed by atoms with E-state index in [0.717, 1.165) is 23.4 Å². The molecule has 0 aliphatic heterocycles. The van der Waals surface area contributed by atoms with Gasteiger partial charge in [0.2, 0.25) is 0 Å². The first-order valence-electron chi connectivity index (χ1n) is 5.19. The molecule has 0 aromatic carbocycles. The number of anilines is 1. The van der Waals surface area contributed by atoms with E-state index in [0.29, 0.717) is 6.04 Å². The van der Waals surface area contributed by atoms with Crippen LogP contribution in [0.15, 0.2) is 16.7 Å². The minimum Gasteiger partial charge on any atom is -0.368 e. The summed E-state index contributed by atoms with van der Waals surface area (Å²) in [5, 5.41) is 6.63. The fourth-order valence-corrected chi connectivity index (χ4v) is 1.58. The van der Waals surface area contributed by atoms with Crippen molar-refractivity contribution in [2.45, 2.75) is 26.8 Å². The molecule has 4 heteroatoms. The van der Waals surface area contributed by atoms with Gasteiger partial charge in [0.25, 0.3) is 0 Å². The lowest BCUT2D eigenvalue weighted by Gasteiger charge is -2.11. The maximum atomic E-state index is 4.27. The average Bonchev–Trinajstić information content (AvgIpc) is 2.18. The highest BCUT2D eigenvalue weighted by Crippen LogP contribution is 2.22. The van der Waals surface area contributed by atoms with Crippen molar-refractivity contribution in [3.05, 3.63) is 22.3 Å². The number of hydrogen-bond donors (Lipinski definition) is 2. The molecule has 1 heterocycles. The smallest absolute Gasteiger partial charge is 0.140 e. The van der Waals surface area contributed by atoms with Gasteiger partial charge in [-0.3, -0.25) is 0 Å². The van der Waals surface area contributed by atoms with E-state index in [9.17, 15) is 0 Å². The maximum absolute atomic E-state index is 4.27. The minimum absolute atomic E-state index is 0.528. The zero-order valence-electron chi connectivity index (χ0n) is 9.47. The number of rotatable bonds is 5. The summed E-state index contributed by atoms with van der Waals surface area (Å²) in [5.74, 6) is 0.917. The van der Waals surface area contributed by atoms with E-state index in [4.69, 9.17) is 0 Å². The second-order valence-corrected chi connectivity index (χ2v) is 4.62. The van der Waals surface area contributed by atoms with Crippen LogP contribution in [0.1, 0.15) is 19.4 Å². The summed E-state index contributed by atoms with van der Waals surface area (Å²) in [7, 11) is 0. The number of aryl methyl sites for hydroxylation is 1. The van der Waals surface area contributed by atoms with Gasteiger partial charge < -0.3 is 10.6 Å². The fraction of sp³-hybridized carbons (Fsp3) is 0.545. The third-order valence-corrected chi connectivity index (χ3v) is 3.05. The SMILES string of the molecule is Cc1ccnc(NCCNC(C)C)c1Br. The fourth-order valence-electron chi connectivity index (χ4n) is 1.21. The highest BCUT2D eigenvalue weighted by atomic mass is 79.9. The van der Waals surface area contributed by atoms with Crippen LogP contribution in [0.2, 0.25) is 0 Å². The van der Waals surface area contributed by atoms with Gasteiger partial charge in [0.15, 0.2) is 0 Å². The summed E-state index contributed by atoms with van der Waals surface area (Å²) in [5.41, 5.74) is 1.20. The highest BCUT2D eigenvalue weighted by molar-refractivity contribution is 9.10. The predicted octanol–water partition coefficient (Wildman–Crippen LogP) is 2.56. The van der Waals surface area contributed by atoms with Crippen molar-refractivity contribution >= 4 is 21.7 Å². The first-order valence-corrected chi connectivity index (χ1v) is 5.99. The molecule has 0 bridgehead atoms. The van der Waals surface area contributed by atoms with E-state index < -0.39 is 0 Å². The lowest BCUT2D eigenvalue weighted by atomic mass is 10.3. The first-order chi connectivity index (χ1) is 7.11. The molecule has 0 aliphatic rings. The number of halogens is 1. The van der Waals surface area contributed by atoms with Gasteiger partial charge in [-0.2, -0.15) is 0 Å². The minimum atomic E-state index is 0.528. The summed E-state index contributed by atoms with van der Waals surface area (Å²) in [6.07, 6.45) is 1.82. The molecule has 15 heavy (non-hydrogen) atoms. The lowest BCUT2D eigenvalue weighted by Crippen LogP contribution is -2.28. The summed E-state index contributed by atoms with van der Waals surface area (Å²) in [6.45, 7) is 8.16. The van der Waals surface area contributed by atoms with Crippen LogP contribution in [0.4, 0.5) is 5.82 Å². The summed E-state index contributed by atoms with van der Waals surface area (Å²) < 4.78 is 1.05. The predicted molar refractivity (Wildman–Crippen MR) is 68.3 cm³/mol. The number of pyridine rings is 1. The molecule has 1 aromatic heterocycles. The van der Waals surface area contributed by atoms with E-state index in [2.05, 4.69) is 52.3 Å². The van der Waals surface area contributed by atoms with Gasteiger partial charge >= 0.3 is 0 Å². The molecule has 0 unspecified atom stereocenters.